The van der Waals surface area contributed by atoms with Crippen molar-refractivity contribution in [1.29, 1.82) is 0 Å². The summed E-state index contributed by atoms with van der Waals surface area (Å²) in [6.45, 7) is 0.142. The van der Waals surface area contributed by atoms with Crippen LogP contribution >= 0.6 is 11.8 Å². The molecule has 0 aliphatic heterocycles. The third-order valence-corrected chi connectivity index (χ3v) is 6.38. The Morgan fingerprint density at radius 3 is 2.40 bits per heavy atom. The molecule has 0 radical (unpaired) electrons. The number of likely N-dealkylation sites (N-methyl/N-ethyl adjacent to an activating group) is 1. The van der Waals surface area contributed by atoms with Gasteiger partial charge in [-0.25, -0.2) is 17.2 Å². The van der Waals surface area contributed by atoms with Gasteiger partial charge in [-0.3, -0.25) is 4.79 Å². The minimum Gasteiger partial charge on any atom is -0.489 e. The molecule has 30 heavy (non-hydrogen) atoms. The average Bonchev–Trinajstić information content (AvgIpc) is 2.72. The van der Waals surface area contributed by atoms with Gasteiger partial charge in [0.2, 0.25) is 15.9 Å². The van der Waals surface area contributed by atoms with Gasteiger partial charge in [-0.1, -0.05) is 24.3 Å². The van der Waals surface area contributed by atoms with Crippen molar-refractivity contribution in [2.75, 3.05) is 32.2 Å². The molecule has 0 heterocycles. The van der Waals surface area contributed by atoms with Crippen molar-refractivity contribution >= 4 is 27.7 Å². The predicted octanol–water partition coefficient (Wildman–Crippen LogP) is 2.90. The highest BCUT2D eigenvalue weighted by molar-refractivity contribution is 7.98. The number of halogens is 2. The second kappa shape index (κ2) is 11.3. The lowest BCUT2D eigenvalue weighted by Gasteiger charge is -2.24. The Morgan fingerprint density at radius 1 is 1.13 bits per heavy atom. The maximum Gasteiger partial charge on any atom is 0.244 e. The number of hydrogen-bond donors (Lipinski definition) is 1. The van der Waals surface area contributed by atoms with E-state index in [-0.39, 0.29) is 25.3 Å². The van der Waals surface area contributed by atoms with Crippen LogP contribution in [0.5, 0.6) is 5.75 Å². The molecule has 1 unspecified atom stereocenters. The van der Waals surface area contributed by atoms with Gasteiger partial charge in [0, 0.05) is 7.05 Å². The van der Waals surface area contributed by atoms with Crippen molar-refractivity contribution < 1.29 is 26.7 Å². The van der Waals surface area contributed by atoms with Gasteiger partial charge in [-0.15, -0.1) is 0 Å². The number of thioether (sulfide) groups is 1. The third kappa shape index (κ3) is 6.68. The lowest BCUT2D eigenvalue weighted by atomic mass is 10.2. The fourth-order valence-electron chi connectivity index (χ4n) is 2.61. The summed E-state index contributed by atoms with van der Waals surface area (Å²) in [5.41, 5.74) is 0. The first kappa shape index (κ1) is 24.1. The maximum absolute atomic E-state index is 13.9. The number of sulfonamides is 1. The van der Waals surface area contributed by atoms with Crippen LogP contribution < -0.4 is 9.46 Å². The molecule has 0 saturated carbocycles. The van der Waals surface area contributed by atoms with E-state index in [4.69, 9.17) is 4.74 Å². The highest BCUT2D eigenvalue weighted by atomic mass is 32.2. The number of para-hydroxylation sites is 1. The molecule has 164 valence electrons. The van der Waals surface area contributed by atoms with Crippen LogP contribution in [-0.4, -0.2) is 57.5 Å². The lowest BCUT2D eigenvalue weighted by Crippen LogP contribution is -2.48. The van der Waals surface area contributed by atoms with Gasteiger partial charge in [-0.2, -0.15) is 16.5 Å². The van der Waals surface area contributed by atoms with Gasteiger partial charge in [0.15, 0.2) is 11.6 Å². The molecule has 2 aromatic rings. The normalized spacial score (nSPS) is 12.4. The van der Waals surface area contributed by atoms with Gasteiger partial charge in [0.25, 0.3) is 0 Å². The Hall–Kier alpha value is -2.17. The molecule has 0 bridgehead atoms. The second-order valence-electron chi connectivity index (χ2n) is 6.42. The van der Waals surface area contributed by atoms with E-state index < -0.39 is 38.5 Å². The molecule has 1 atom stereocenters. The van der Waals surface area contributed by atoms with Gasteiger partial charge in [0.1, 0.15) is 23.4 Å². The van der Waals surface area contributed by atoms with Crippen LogP contribution in [0.2, 0.25) is 0 Å². The summed E-state index contributed by atoms with van der Waals surface area (Å²) in [5, 5.41) is 0. The summed E-state index contributed by atoms with van der Waals surface area (Å²) in [6, 6.07) is 9.80. The Balaban J connectivity index is 2.05. The Kier molecular flexibility index (Phi) is 9.07. The van der Waals surface area contributed by atoms with E-state index in [0.717, 1.165) is 12.1 Å². The van der Waals surface area contributed by atoms with Crippen LogP contribution in [-0.2, 0) is 14.8 Å². The smallest absolute Gasteiger partial charge is 0.244 e. The molecular weight excluding hydrogens is 434 g/mol. The zero-order valence-electron chi connectivity index (χ0n) is 16.7. The number of amides is 1. The van der Waals surface area contributed by atoms with Crippen LogP contribution in [0.1, 0.15) is 6.42 Å². The molecule has 10 heteroatoms. The van der Waals surface area contributed by atoms with Crippen LogP contribution in [0, 0.1) is 11.6 Å². The highest BCUT2D eigenvalue weighted by Crippen LogP contribution is 2.17. The Bertz CT molecular complexity index is 957. The topological polar surface area (TPSA) is 75.7 Å². The number of ether oxygens (including phenoxy) is 1. The summed E-state index contributed by atoms with van der Waals surface area (Å²) >= 11 is 1.45. The molecule has 0 spiro atoms. The molecule has 0 aliphatic carbocycles. The Labute approximate surface area is 179 Å². The monoisotopic (exact) mass is 458 g/mol. The summed E-state index contributed by atoms with van der Waals surface area (Å²) in [7, 11) is -2.73. The average molecular weight is 459 g/mol. The summed E-state index contributed by atoms with van der Waals surface area (Å²) < 4.78 is 60.4. The molecule has 2 aromatic carbocycles. The second-order valence-corrected chi connectivity index (χ2v) is 9.09. The minimum absolute atomic E-state index is 0.0263. The fourth-order valence-corrected chi connectivity index (χ4v) is 4.39. The number of carbonyl (C=O) groups excluding carboxylic acids is 1. The van der Waals surface area contributed by atoms with Crippen LogP contribution in [0.4, 0.5) is 8.78 Å². The first-order valence-electron chi connectivity index (χ1n) is 9.14. The number of nitrogens with one attached hydrogen (secondary N) is 1. The van der Waals surface area contributed by atoms with E-state index in [9.17, 15) is 22.0 Å². The van der Waals surface area contributed by atoms with E-state index in [1.165, 1.54) is 54.0 Å². The van der Waals surface area contributed by atoms with Gasteiger partial charge in [0.05, 0.1) is 6.54 Å². The first-order valence-corrected chi connectivity index (χ1v) is 12.0. The zero-order chi connectivity index (χ0) is 22.1. The van der Waals surface area contributed by atoms with Crippen molar-refractivity contribution in [3.63, 3.8) is 0 Å². The maximum atomic E-state index is 13.9. The van der Waals surface area contributed by atoms with Crippen LogP contribution in [0.3, 0.4) is 0 Å². The van der Waals surface area contributed by atoms with Crippen molar-refractivity contribution in [2.45, 2.75) is 17.4 Å². The highest BCUT2D eigenvalue weighted by Gasteiger charge is 2.29. The molecule has 0 aromatic heterocycles. The van der Waals surface area contributed by atoms with E-state index in [1.54, 1.807) is 6.07 Å². The van der Waals surface area contributed by atoms with Gasteiger partial charge < -0.3 is 9.64 Å². The number of benzene rings is 2. The van der Waals surface area contributed by atoms with Crippen molar-refractivity contribution in [3.05, 3.63) is 60.2 Å². The molecular formula is C20H24F2N2O4S2. The van der Waals surface area contributed by atoms with Crippen molar-refractivity contribution in [3.8, 4) is 5.75 Å². The van der Waals surface area contributed by atoms with Crippen LogP contribution in [0.15, 0.2) is 53.4 Å². The van der Waals surface area contributed by atoms with Crippen LogP contribution in [0.25, 0.3) is 0 Å². The van der Waals surface area contributed by atoms with E-state index in [0.29, 0.717) is 5.75 Å². The molecule has 0 saturated heterocycles. The summed E-state index contributed by atoms with van der Waals surface area (Å²) in [4.78, 5) is 13.6. The van der Waals surface area contributed by atoms with E-state index in [1.807, 2.05) is 6.26 Å². The molecule has 2 rings (SSSR count). The molecule has 1 N–H and O–H groups in total. The summed E-state index contributed by atoms with van der Waals surface area (Å²) in [5.74, 6) is -1.30. The van der Waals surface area contributed by atoms with Crippen molar-refractivity contribution in [2.24, 2.45) is 0 Å². The number of hydrogen-bond acceptors (Lipinski definition) is 5. The SMILES string of the molecule is CSCCC(NS(=O)(=O)c1ccccc1F)C(=O)N(C)CCOc1ccccc1F. The number of carbonyl (C=O) groups is 1. The molecule has 0 fully saturated rings. The molecule has 1 amide bonds. The van der Waals surface area contributed by atoms with E-state index in [2.05, 4.69) is 4.72 Å². The minimum atomic E-state index is -4.23. The Morgan fingerprint density at radius 2 is 1.77 bits per heavy atom. The molecule has 6 nitrogen and oxygen atoms in total. The van der Waals surface area contributed by atoms with Gasteiger partial charge in [-0.05, 0) is 42.7 Å². The quantitative estimate of drug-likeness (QED) is 0.561. The van der Waals surface area contributed by atoms with Gasteiger partial charge >= 0.3 is 0 Å². The third-order valence-electron chi connectivity index (χ3n) is 4.23. The number of nitrogens with zero attached hydrogens (tertiary/aromatic N) is 1. The largest absolute Gasteiger partial charge is 0.489 e. The number of rotatable bonds is 11. The van der Waals surface area contributed by atoms with E-state index >= 15 is 0 Å². The summed E-state index contributed by atoms with van der Waals surface area (Å²) in [6.07, 6.45) is 2.06. The molecule has 0 aliphatic rings. The standard InChI is InChI=1S/C20H24F2N2O4S2/c1-24(12-13-28-18-9-5-3-7-15(18)21)20(25)17(11-14-29-2)23-30(26,27)19-10-6-4-8-16(19)22/h3-10,17,23H,11-14H2,1-2H3. The first-order chi connectivity index (χ1) is 14.3. The zero-order valence-corrected chi connectivity index (χ0v) is 18.3. The fraction of sp³-hybridized carbons (Fsp3) is 0.350. The lowest BCUT2D eigenvalue weighted by molar-refractivity contribution is -0.132. The predicted molar refractivity (Wildman–Crippen MR) is 113 cm³/mol. The van der Waals surface area contributed by atoms with Crippen molar-refractivity contribution in [1.82, 2.24) is 9.62 Å².